The zero-order valence-corrected chi connectivity index (χ0v) is 15.1. The van der Waals surface area contributed by atoms with Crippen molar-refractivity contribution in [2.75, 3.05) is 6.54 Å². The Morgan fingerprint density at radius 1 is 1.04 bits per heavy atom. The van der Waals surface area contributed by atoms with Gasteiger partial charge in [-0.25, -0.2) is 0 Å². The average molecular weight is 351 g/mol. The first-order chi connectivity index (χ1) is 12.2. The second kappa shape index (κ2) is 6.37. The van der Waals surface area contributed by atoms with Crippen LogP contribution in [0.25, 0.3) is 0 Å². The molecule has 3 amide bonds. The number of rotatable bonds is 4. The smallest absolute Gasteiger partial charge is 0.261 e. The minimum Gasteiger partial charge on any atom is -0.366 e. The first-order valence-corrected chi connectivity index (χ1v) is 8.45. The van der Waals surface area contributed by atoms with Gasteiger partial charge in [0, 0.05) is 24.1 Å². The summed E-state index contributed by atoms with van der Waals surface area (Å²) in [6.07, 6.45) is 0.271. The van der Waals surface area contributed by atoms with Crippen molar-refractivity contribution in [1.82, 2.24) is 9.88 Å². The van der Waals surface area contributed by atoms with Gasteiger partial charge in [-0.2, -0.15) is 0 Å². The number of pyridine rings is 1. The van der Waals surface area contributed by atoms with E-state index in [1.165, 1.54) is 4.90 Å². The van der Waals surface area contributed by atoms with Gasteiger partial charge in [-0.1, -0.05) is 32.9 Å². The first kappa shape index (κ1) is 17.8. The zero-order valence-electron chi connectivity index (χ0n) is 15.1. The Balaban J connectivity index is 1.87. The summed E-state index contributed by atoms with van der Waals surface area (Å²) in [5, 5.41) is 0. The molecule has 0 saturated carbocycles. The predicted molar refractivity (Wildman–Crippen MR) is 97.0 cm³/mol. The van der Waals surface area contributed by atoms with Crippen LogP contribution >= 0.6 is 0 Å². The van der Waals surface area contributed by atoms with Crippen molar-refractivity contribution in [2.24, 2.45) is 5.73 Å². The molecule has 0 spiro atoms. The average Bonchev–Trinajstić information content (AvgIpc) is 2.83. The van der Waals surface area contributed by atoms with Crippen molar-refractivity contribution in [3.8, 4) is 0 Å². The van der Waals surface area contributed by atoms with Gasteiger partial charge in [0.1, 0.15) is 0 Å². The van der Waals surface area contributed by atoms with Crippen molar-refractivity contribution < 1.29 is 14.4 Å². The fraction of sp³-hybridized carbons (Fsp3) is 0.300. The van der Waals surface area contributed by atoms with E-state index in [1.54, 1.807) is 36.4 Å². The van der Waals surface area contributed by atoms with Gasteiger partial charge in [-0.3, -0.25) is 24.3 Å². The molecule has 0 saturated heterocycles. The molecule has 2 heterocycles. The molecule has 1 aromatic carbocycles. The van der Waals surface area contributed by atoms with Crippen LogP contribution in [-0.2, 0) is 11.8 Å². The number of amides is 3. The Morgan fingerprint density at radius 3 is 2.12 bits per heavy atom. The van der Waals surface area contributed by atoms with Gasteiger partial charge < -0.3 is 5.73 Å². The molecule has 0 bridgehead atoms. The van der Waals surface area contributed by atoms with Crippen LogP contribution in [-0.4, -0.2) is 34.2 Å². The SMILES string of the molecule is CC(C)(C)c1ccc(C(N)=O)c(CCN2C(=O)c3ccccc3C2=O)n1. The molecule has 1 aliphatic heterocycles. The van der Waals surface area contributed by atoms with E-state index in [4.69, 9.17) is 5.73 Å². The fourth-order valence-corrected chi connectivity index (χ4v) is 2.99. The van der Waals surface area contributed by atoms with E-state index in [1.807, 2.05) is 20.8 Å². The molecule has 1 aromatic heterocycles. The summed E-state index contributed by atoms with van der Waals surface area (Å²) in [4.78, 5) is 42.4. The van der Waals surface area contributed by atoms with Gasteiger partial charge in [-0.15, -0.1) is 0 Å². The van der Waals surface area contributed by atoms with E-state index in [9.17, 15) is 14.4 Å². The summed E-state index contributed by atoms with van der Waals surface area (Å²) in [5.41, 5.74) is 7.71. The lowest BCUT2D eigenvalue weighted by atomic mass is 9.90. The highest BCUT2D eigenvalue weighted by Gasteiger charge is 2.35. The number of carbonyl (C=O) groups excluding carboxylic acids is 3. The van der Waals surface area contributed by atoms with E-state index in [2.05, 4.69) is 4.98 Å². The highest BCUT2D eigenvalue weighted by Crippen LogP contribution is 2.24. The third-order valence-corrected chi connectivity index (χ3v) is 4.46. The number of fused-ring (bicyclic) bond motifs is 1. The molecule has 0 aliphatic carbocycles. The molecular formula is C20H21N3O3. The lowest BCUT2D eigenvalue weighted by Crippen LogP contribution is -2.32. The number of aromatic nitrogens is 1. The Labute approximate surface area is 152 Å². The molecule has 2 N–H and O–H groups in total. The number of hydrogen-bond acceptors (Lipinski definition) is 4. The maximum absolute atomic E-state index is 12.5. The van der Waals surface area contributed by atoms with E-state index in [-0.39, 0.29) is 30.2 Å². The van der Waals surface area contributed by atoms with E-state index in [0.717, 1.165) is 5.69 Å². The summed E-state index contributed by atoms with van der Waals surface area (Å²) < 4.78 is 0. The van der Waals surface area contributed by atoms with Crippen LogP contribution in [0, 0.1) is 0 Å². The number of carbonyl (C=O) groups is 3. The number of nitrogens with two attached hydrogens (primary N) is 1. The van der Waals surface area contributed by atoms with E-state index in [0.29, 0.717) is 22.4 Å². The third kappa shape index (κ3) is 3.10. The van der Waals surface area contributed by atoms with Crippen LogP contribution in [0.1, 0.15) is 63.2 Å². The van der Waals surface area contributed by atoms with Crippen LogP contribution in [0.5, 0.6) is 0 Å². The van der Waals surface area contributed by atoms with Crippen molar-refractivity contribution in [1.29, 1.82) is 0 Å². The lowest BCUT2D eigenvalue weighted by molar-refractivity contribution is 0.0655. The number of primary amides is 1. The standard InChI is InChI=1S/C20H21N3O3/c1-20(2,3)16-9-8-14(17(21)24)15(22-16)10-11-23-18(25)12-6-4-5-7-13(12)19(23)26/h4-9H,10-11H2,1-3H3,(H2,21,24). The molecule has 2 aromatic rings. The molecule has 1 aliphatic rings. The van der Waals surface area contributed by atoms with Crippen LogP contribution in [0.2, 0.25) is 0 Å². The maximum atomic E-state index is 12.5. The van der Waals surface area contributed by atoms with Gasteiger partial charge in [0.2, 0.25) is 0 Å². The molecule has 0 radical (unpaired) electrons. The molecule has 0 unspecified atom stereocenters. The highest BCUT2D eigenvalue weighted by molar-refractivity contribution is 6.21. The van der Waals surface area contributed by atoms with Crippen molar-refractivity contribution in [2.45, 2.75) is 32.6 Å². The van der Waals surface area contributed by atoms with Crippen molar-refractivity contribution >= 4 is 17.7 Å². The Bertz CT molecular complexity index is 878. The molecule has 6 heteroatoms. The topological polar surface area (TPSA) is 93.4 Å². The van der Waals surface area contributed by atoms with Gasteiger partial charge in [0.25, 0.3) is 17.7 Å². The van der Waals surface area contributed by atoms with Crippen LogP contribution < -0.4 is 5.73 Å². The normalized spacial score (nSPS) is 13.9. The summed E-state index contributed by atoms with van der Waals surface area (Å²) in [7, 11) is 0. The minimum absolute atomic E-state index is 0.146. The number of nitrogens with zero attached hydrogens (tertiary/aromatic N) is 2. The molecule has 0 atom stereocenters. The predicted octanol–water partition coefficient (Wildman–Crippen LogP) is 2.32. The summed E-state index contributed by atoms with van der Waals surface area (Å²) in [6.45, 7) is 6.21. The number of benzene rings is 1. The largest absolute Gasteiger partial charge is 0.366 e. The molecular weight excluding hydrogens is 330 g/mol. The van der Waals surface area contributed by atoms with E-state index >= 15 is 0 Å². The zero-order chi connectivity index (χ0) is 19.1. The van der Waals surface area contributed by atoms with Gasteiger partial charge in [0.05, 0.1) is 22.4 Å². The second-order valence-electron chi connectivity index (χ2n) is 7.36. The van der Waals surface area contributed by atoms with Gasteiger partial charge in [-0.05, 0) is 24.3 Å². The Kier molecular flexibility index (Phi) is 4.36. The number of imide groups is 1. The molecule has 134 valence electrons. The number of hydrogen-bond donors (Lipinski definition) is 1. The molecule has 6 nitrogen and oxygen atoms in total. The van der Waals surface area contributed by atoms with Crippen LogP contribution in [0.15, 0.2) is 36.4 Å². The minimum atomic E-state index is -0.574. The summed E-state index contributed by atoms with van der Waals surface area (Å²) in [5.74, 6) is -1.22. The quantitative estimate of drug-likeness (QED) is 0.856. The highest BCUT2D eigenvalue weighted by atomic mass is 16.2. The summed E-state index contributed by atoms with van der Waals surface area (Å²) in [6, 6.07) is 10.2. The van der Waals surface area contributed by atoms with Crippen molar-refractivity contribution in [3.63, 3.8) is 0 Å². The van der Waals surface area contributed by atoms with Gasteiger partial charge in [0.15, 0.2) is 0 Å². The first-order valence-electron chi connectivity index (χ1n) is 8.45. The second-order valence-corrected chi connectivity index (χ2v) is 7.36. The molecule has 26 heavy (non-hydrogen) atoms. The fourth-order valence-electron chi connectivity index (χ4n) is 2.99. The lowest BCUT2D eigenvalue weighted by Gasteiger charge is -2.20. The van der Waals surface area contributed by atoms with E-state index < -0.39 is 5.91 Å². The molecule has 3 rings (SSSR count). The third-order valence-electron chi connectivity index (χ3n) is 4.46. The molecule has 0 fully saturated rings. The Hall–Kier alpha value is -3.02. The summed E-state index contributed by atoms with van der Waals surface area (Å²) >= 11 is 0. The van der Waals surface area contributed by atoms with Crippen LogP contribution in [0.4, 0.5) is 0 Å². The Morgan fingerprint density at radius 2 is 1.62 bits per heavy atom. The monoisotopic (exact) mass is 351 g/mol. The van der Waals surface area contributed by atoms with Crippen molar-refractivity contribution in [3.05, 3.63) is 64.5 Å². The maximum Gasteiger partial charge on any atom is 0.261 e. The van der Waals surface area contributed by atoms with Gasteiger partial charge >= 0.3 is 0 Å². The van der Waals surface area contributed by atoms with Crippen LogP contribution in [0.3, 0.4) is 0 Å².